The highest BCUT2D eigenvalue weighted by molar-refractivity contribution is 7.90. The minimum atomic E-state index is -4.29. The molecule has 0 aromatic heterocycles. The Balaban J connectivity index is 2.15. The maximum Gasteiger partial charge on any atom is 0.415 e. The van der Waals surface area contributed by atoms with Crippen molar-refractivity contribution in [1.82, 2.24) is 10.2 Å². The van der Waals surface area contributed by atoms with Crippen molar-refractivity contribution < 1.29 is 23.1 Å². The summed E-state index contributed by atoms with van der Waals surface area (Å²) in [4.78, 5) is 12.5. The minimum Gasteiger partial charge on any atom is -0.465 e. The van der Waals surface area contributed by atoms with E-state index in [0.29, 0.717) is 22.8 Å². The molecule has 176 valence electrons. The van der Waals surface area contributed by atoms with Crippen LogP contribution >= 0.6 is 11.6 Å². The third-order valence-corrected chi connectivity index (χ3v) is 6.56. The van der Waals surface area contributed by atoms with Gasteiger partial charge in [-0.05, 0) is 41.7 Å². The molecular formula is C23H26ClN3O5S. The van der Waals surface area contributed by atoms with E-state index in [1.165, 1.54) is 12.1 Å². The van der Waals surface area contributed by atoms with E-state index < -0.39 is 27.6 Å². The van der Waals surface area contributed by atoms with Crippen LogP contribution in [0.5, 0.6) is 5.75 Å². The molecule has 0 bridgehead atoms. The average molecular weight is 492 g/mol. The van der Waals surface area contributed by atoms with Crippen molar-refractivity contribution in [2.24, 2.45) is 4.40 Å². The second-order valence-electron chi connectivity index (χ2n) is 8.37. The fourth-order valence-electron chi connectivity index (χ4n) is 3.17. The van der Waals surface area contributed by atoms with Crippen LogP contribution in [-0.2, 0) is 15.4 Å². The van der Waals surface area contributed by atoms with Gasteiger partial charge in [0.2, 0.25) is 0 Å². The monoisotopic (exact) mass is 491 g/mol. The average Bonchev–Trinajstić information content (AvgIpc) is 2.75. The van der Waals surface area contributed by atoms with Gasteiger partial charge in [0.25, 0.3) is 10.0 Å². The Morgan fingerprint density at radius 1 is 1.15 bits per heavy atom. The van der Waals surface area contributed by atoms with Gasteiger partial charge < -0.3 is 15.2 Å². The number of ether oxygens (including phenoxy) is 1. The molecule has 2 aromatic rings. The van der Waals surface area contributed by atoms with Crippen molar-refractivity contribution in [3.05, 3.63) is 71.6 Å². The van der Waals surface area contributed by atoms with Gasteiger partial charge in [-0.3, -0.25) is 0 Å². The molecule has 2 N–H and O–H groups in total. The first-order valence-corrected chi connectivity index (χ1v) is 12.2. The highest BCUT2D eigenvalue weighted by atomic mass is 35.5. The fraction of sp³-hybridized carbons (Fsp3) is 0.304. The van der Waals surface area contributed by atoms with E-state index in [1.54, 1.807) is 49.4 Å². The standard InChI is InChI=1S/C23H26ClN3O5S/c1-5-18-19(32-16-9-7-6-8-10-16)20(27(22(28)29)21(24)25-18)26-33(30,31)17-13-11-15(12-14-17)23(2,3)4/h6-14,21,25H,5H2,1-4H3,(H,28,29). The van der Waals surface area contributed by atoms with Gasteiger partial charge in [0, 0.05) is 0 Å². The zero-order chi connectivity index (χ0) is 24.4. The van der Waals surface area contributed by atoms with Gasteiger partial charge >= 0.3 is 6.09 Å². The first-order valence-electron chi connectivity index (χ1n) is 10.3. The molecule has 0 aliphatic carbocycles. The number of carboxylic acid groups (broad SMARTS) is 1. The molecule has 0 saturated heterocycles. The van der Waals surface area contributed by atoms with Gasteiger partial charge in [-0.2, -0.15) is 8.42 Å². The van der Waals surface area contributed by atoms with Gasteiger partial charge in [-0.15, -0.1) is 4.40 Å². The third kappa shape index (κ3) is 5.48. The van der Waals surface area contributed by atoms with E-state index in [2.05, 4.69) is 9.71 Å². The van der Waals surface area contributed by atoms with Crippen molar-refractivity contribution in [2.45, 2.75) is 50.1 Å². The summed E-state index contributed by atoms with van der Waals surface area (Å²) in [5, 5.41) is 12.6. The van der Waals surface area contributed by atoms with Crippen molar-refractivity contribution in [3.63, 3.8) is 0 Å². The lowest BCUT2D eigenvalue weighted by atomic mass is 9.87. The number of halogens is 1. The molecule has 1 heterocycles. The van der Waals surface area contributed by atoms with Crippen LogP contribution in [0.4, 0.5) is 4.79 Å². The van der Waals surface area contributed by atoms with Crippen LogP contribution in [0.2, 0.25) is 0 Å². The number of carbonyl (C=O) groups is 1. The smallest absolute Gasteiger partial charge is 0.415 e. The zero-order valence-electron chi connectivity index (χ0n) is 18.7. The van der Waals surface area contributed by atoms with Crippen molar-refractivity contribution in [3.8, 4) is 5.75 Å². The number of hydrogen-bond acceptors (Lipinski definition) is 5. The van der Waals surface area contributed by atoms with Gasteiger partial charge in [-0.25, -0.2) is 9.69 Å². The number of para-hydroxylation sites is 1. The number of alkyl halides is 1. The van der Waals surface area contributed by atoms with Gasteiger partial charge in [0.05, 0.1) is 10.6 Å². The van der Waals surface area contributed by atoms with Crippen LogP contribution in [0.3, 0.4) is 0 Å². The lowest BCUT2D eigenvalue weighted by Gasteiger charge is -2.34. The molecular weight excluding hydrogens is 466 g/mol. The molecule has 0 radical (unpaired) electrons. The SMILES string of the molecule is CCC1=C(Oc2ccccc2)C(=NS(=O)(=O)c2ccc(C(C)(C)C)cc2)N(C(=O)O)C(Cl)N1. The second-order valence-corrected chi connectivity index (χ2v) is 10.4. The van der Waals surface area contributed by atoms with E-state index in [4.69, 9.17) is 16.3 Å². The first-order chi connectivity index (χ1) is 15.4. The molecule has 8 nitrogen and oxygen atoms in total. The number of nitrogens with one attached hydrogen (secondary N) is 1. The van der Waals surface area contributed by atoms with Gasteiger partial charge in [-0.1, -0.05) is 69.6 Å². The number of nitrogens with zero attached hydrogens (tertiary/aromatic N) is 2. The Hall–Kier alpha value is -3.04. The largest absolute Gasteiger partial charge is 0.465 e. The van der Waals surface area contributed by atoms with Crippen LogP contribution in [0, 0.1) is 0 Å². The predicted molar refractivity (Wildman–Crippen MR) is 127 cm³/mol. The van der Waals surface area contributed by atoms with Crippen LogP contribution < -0.4 is 10.1 Å². The van der Waals surface area contributed by atoms with E-state index in [1.807, 2.05) is 20.8 Å². The lowest BCUT2D eigenvalue weighted by Crippen LogP contribution is -2.54. The van der Waals surface area contributed by atoms with Gasteiger partial charge in [0.15, 0.2) is 17.2 Å². The maximum absolute atomic E-state index is 13.2. The second kappa shape index (κ2) is 9.44. The predicted octanol–water partition coefficient (Wildman–Crippen LogP) is 4.88. The van der Waals surface area contributed by atoms with Crippen molar-refractivity contribution in [1.29, 1.82) is 0 Å². The Bertz CT molecular complexity index is 1190. The van der Waals surface area contributed by atoms with E-state index in [-0.39, 0.29) is 16.1 Å². The number of rotatable bonds is 5. The number of amidine groups is 1. The molecule has 10 heteroatoms. The molecule has 33 heavy (non-hydrogen) atoms. The minimum absolute atomic E-state index is 0.0297. The summed E-state index contributed by atoms with van der Waals surface area (Å²) in [7, 11) is -4.29. The van der Waals surface area contributed by atoms with Crippen LogP contribution in [0.1, 0.15) is 39.7 Å². The number of amides is 1. The first kappa shape index (κ1) is 24.6. The van der Waals surface area contributed by atoms with Gasteiger partial charge in [0.1, 0.15) is 5.75 Å². The van der Waals surface area contributed by atoms with Crippen LogP contribution in [-0.4, -0.2) is 36.0 Å². The molecule has 1 aliphatic rings. The molecule has 3 rings (SSSR count). The molecule has 0 saturated carbocycles. The topological polar surface area (TPSA) is 108 Å². The lowest BCUT2D eigenvalue weighted by molar-refractivity contribution is 0.159. The summed E-state index contributed by atoms with van der Waals surface area (Å²) in [5.74, 6) is -0.0574. The summed E-state index contributed by atoms with van der Waals surface area (Å²) in [6, 6.07) is 14.9. The fourth-order valence-corrected chi connectivity index (χ4v) is 4.46. The number of hydrogen-bond donors (Lipinski definition) is 2. The highest BCUT2D eigenvalue weighted by Gasteiger charge is 2.38. The molecule has 1 amide bonds. The Labute approximate surface area is 198 Å². The number of sulfonamides is 1. The Morgan fingerprint density at radius 3 is 2.27 bits per heavy atom. The maximum atomic E-state index is 13.2. The number of benzene rings is 2. The molecule has 1 aliphatic heterocycles. The summed E-state index contributed by atoms with van der Waals surface area (Å²) < 4.78 is 36.2. The molecule has 0 spiro atoms. The normalized spacial score (nSPS) is 18.3. The highest BCUT2D eigenvalue weighted by Crippen LogP contribution is 2.28. The molecule has 1 atom stereocenters. The summed E-state index contributed by atoms with van der Waals surface area (Å²) in [5.41, 5.74) is -0.0543. The molecule has 0 fully saturated rings. The number of allylic oxidation sites excluding steroid dienone is 1. The Kier molecular flexibility index (Phi) is 7.04. The summed E-state index contributed by atoms with van der Waals surface area (Å²) in [6.45, 7) is 7.85. The van der Waals surface area contributed by atoms with Crippen molar-refractivity contribution in [2.75, 3.05) is 0 Å². The molecule has 1 unspecified atom stereocenters. The summed E-state index contributed by atoms with van der Waals surface area (Å²) in [6.07, 6.45) is -1.11. The quantitative estimate of drug-likeness (QED) is 0.456. The van der Waals surface area contributed by atoms with Crippen LogP contribution in [0.15, 0.2) is 75.3 Å². The molecule has 2 aromatic carbocycles. The zero-order valence-corrected chi connectivity index (χ0v) is 20.3. The Morgan fingerprint density at radius 2 is 1.76 bits per heavy atom. The van der Waals surface area contributed by atoms with E-state index >= 15 is 0 Å². The third-order valence-electron chi connectivity index (χ3n) is 4.97. The summed E-state index contributed by atoms with van der Waals surface area (Å²) >= 11 is 6.23. The van der Waals surface area contributed by atoms with E-state index in [9.17, 15) is 18.3 Å². The van der Waals surface area contributed by atoms with Crippen LogP contribution in [0.25, 0.3) is 0 Å². The van der Waals surface area contributed by atoms with Crippen molar-refractivity contribution >= 4 is 33.6 Å². The van der Waals surface area contributed by atoms with E-state index in [0.717, 1.165) is 5.56 Å².